The third-order valence-electron chi connectivity index (χ3n) is 5.40. The number of benzene rings is 1. The number of nitrogens with one attached hydrogen (secondary N) is 1. The molecule has 1 N–H and O–H groups in total. The number of halogens is 1. The number of likely N-dealkylation sites (N-methyl/N-ethyl adjacent to an activating group) is 1. The van der Waals surface area contributed by atoms with Gasteiger partial charge in [0.15, 0.2) is 0 Å². The van der Waals surface area contributed by atoms with Crippen molar-refractivity contribution in [3.63, 3.8) is 0 Å². The Hall–Kier alpha value is -1.66. The highest BCUT2D eigenvalue weighted by molar-refractivity contribution is 5.78. The van der Waals surface area contributed by atoms with Crippen LogP contribution < -0.4 is 10.2 Å². The number of rotatable bonds is 5. The van der Waals surface area contributed by atoms with E-state index in [9.17, 15) is 9.18 Å². The van der Waals surface area contributed by atoms with E-state index in [1.165, 1.54) is 12.1 Å². The summed E-state index contributed by atoms with van der Waals surface area (Å²) in [4.78, 5) is 19.0. The fourth-order valence-electron chi connectivity index (χ4n) is 3.79. The van der Waals surface area contributed by atoms with Crippen molar-refractivity contribution in [3.05, 3.63) is 30.1 Å². The second kappa shape index (κ2) is 8.15. The summed E-state index contributed by atoms with van der Waals surface area (Å²) in [6.07, 6.45) is 3.00. The minimum absolute atomic E-state index is 0.139. The SMILES string of the molecule is CN(C)[C@@H]1CCN(CC(=O)NC2CCN(c3ccc(F)cc3)CC2)C1. The Bertz CT molecular complexity index is 569. The van der Waals surface area contributed by atoms with E-state index in [1.807, 2.05) is 12.1 Å². The largest absolute Gasteiger partial charge is 0.371 e. The van der Waals surface area contributed by atoms with Crippen LogP contribution in [0.5, 0.6) is 0 Å². The highest BCUT2D eigenvalue weighted by atomic mass is 19.1. The molecule has 0 aliphatic carbocycles. The number of carbonyl (C=O) groups excluding carboxylic acids is 1. The molecule has 0 saturated carbocycles. The van der Waals surface area contributed by atoms with Crippen molar-refractivity contribution in [2.45, 2.75) is 31.3 Å². The first-order valence-corrected chi connectivity index (χ1v) is 9.20. The van der Waals surface area contributed by atoms with Crippen molar-refractivity contribution >= 4 is 11.6 Å². The summed E-state index contributed by atoms with van der Waals surface area (Å²) >= 11 is 0. The van der Waals surface area contributed by atoms with Crippen molar-refractivity contribution in [1.82, 2.24) is 15.1 Å². The van der Waals surface area contributed by atoms with Gasteiger partial charge in [-0.3, -0.25) is 9.69 Å². The second-order valence-corrected chi connectivity index (χ2v) is 7.45. The van der Waals surface area contributed by atoms with Crippen LogP contribution in [0.15, 0.2) is 24.3 Å². The second-order valence-electron chi connectivity index (χ2n) is 7.45. The van der Waals surface area contributed by atoms with Crippen LogP contribution in [0.4, 0.5) is 10.1 Å². The van der Waals surface area contributed by atoms with Crippen LogP contribution in [-0.4, -0.2) is 74.6 Å². The average molecular weight is 348 g/mol. The van der Waals surface area contributed by atoms with Gasteiger partial charge in [-0.2, -0.15) is 0 Å². The third-order valence-corrected chi connectivity index (χ3v) is 5.40. The van der Waals surface area contributed by atoms with Gasteiger partial charge in [-0.05, 0) is 57.6 Å². The molecule has 1 amide bonds. The fraction of sp³-hybridized carbons (Fsp3) is 0.632. The Balaban J connectivity index is 1.40. The Kier molecular flexibility index (Phi) is 5.91. The van der Waals surface area contributed by atoms with Crippen molar-refractivity contribution < 1.29 is 9.18 Å². The first-order chi connectivity index (χ1) is 12.0. The fourth-order valence-corrected chi connectivity index (χ4v) is 3.79. The molecule has 2 heterocycles. The van der Waals surface area contributed by atoms with E-state index >= 15 is 0 Å². The number of likely N-dealkylation sites (tertiary alicyclic amines) is 1. The molecule has 3 rings (SSSR count). The topological polar surface area (TPSA) is 38.8 Å². The zero-order chi connectivity index (χ0) is 17.8. The monoisotopic (exact) mass is 348 g/mol. The molecular weight excluding hydrogens is 319 g/mol. The maximum atomic E-state index is 13.0. The average Bonchev–Trinajstić information content (AvgIpc) is 3.05. The van der Waals surface area contributed by atoms with Crippen molar-refractivity contribution in [2.24, 2.45) is 0 Å². The lowest BCUT2D eigenvalue weighted by Crippen LogP contribution is -2.47. The number of anilines is 1. The molecule has 25 heavy (non-hydrogen) atoms. The number of piperidine rings is 1. The van der Waals surface area contributed by atoms with Crippen LogP contribution in [0.2, 0.25) is 0 Å². The Morgan fingerprint density at radius 1 is 1.16 bits per heavy atom. The third kappa shape index (κ3) is 4.92. The summed E-state index contributed by atoms with van der Waals surface area (Å²) in [5.41, 5.74) is 1.05. The zero-order valence-corrected chi connectivity index (χ0v) is 15.2. The van der Waals surface area contributed by atoms with Gasteiger partial charge in [-0.25, -0.2) is 4.39 Å². The number of hydrogen-bond donors (Lipinski definition) is 1. The molecule has 0 unspecified atom stereocenters. The van der Waals surface area contributed by atoms with Crippen LogP contribution in [0.25, 0.3) is 0 Å². The Morgan fingerprint density at radius 2 is 1.84 bits per heavy atom. The molecule has 2 fully saturated rings. The molecule has 2 saturated heterocycles. The van der Waals surface area contributed by atoms with Crippen LogP contribution in [0.1, 0.15) is 19.3 Å². The van der Waals surface area contributed by atoms with Gasteiger partial charge in [-0.1, -0.05) is 0 Å². The summed E-state index contributed by atoms with van der Waals surface area (Å²) in [7, 11) is 4.20. The van der Waals surface area contributed by atoms with E-state index in [0.717, 1.165) is 51.1 Å². The number of hydrogen-bond acceptors (Lipinski definition) is 4. The van der Waals surface area contributed by atoms with Crippen molar-refractivity contribution in [3.8, 4) is 0 Å². The molecule has 1 aromatic rings. The van der Waals surface area contributed by atoms with Gasteiger partial charge in [0.1, 0.15) is 5.82 Å². The molecule has 5 nitrogen and oxygen atoms in total. The maximum Gasteiger partial charge on any atom is 0.234 e. The normalized spacial score (nSPS) is 22.6. The predicted molar refractivity (Wildman–Crippen MR) is 98.3 cm³/mol. The van der Waals surface area contributed by atoms with Crippen LogP contribution in [-0.2, 0) is 4.79 Å². The van der Waals surface area contributed by atoms with E-state index in [-0.39, 0.29) is 17.8 Å². The number of amides is 1. The van der Waals surface area contributed by atoms with E-state index in [2.05, 4.69) is 34.1 Å². The van der Waals surface area contributed by atoms with Gasteiger partial charge in [-0.15, -0.1) is 0 Å². The summed E-state index contributed by atoms with van der Waals surface area (Å²) in [6.45, 7) is 4.26. The lowest BCUT2D eigenvalue weighted by molar-refractivity contribution is -0.122. The minimum atomic E-state index is -0.204. The van der Waals surface area contributed by atoms with Gasteiger partial charge < -0.3 is 15.1 Å². The molecule has 0 aromatic heterocycles. The maximum absolute atomic E-state index is 13.0. The Labute approximate surface area is 149 Å². The molecule has 1 atom stereocenters. The molecule has 2 aliphatic heterocycles. The minimum Gasteiger partial charge on any atom is -0.371 e. The van der Waals surface area contributed by atoms with Crippen LogP contribution >= 0.6 is 0 Å². The number of nitrogens with zero attached hydrogens (tertiary/aromatic N) is 3. The lowest BCUT2D eigenvalue weighted by Gasteiger charge is -2.34. The predicted octanol–water partition coefficient (Wildman–Crippen LogP) is 1.55. The van der Waals surface area contributed by atoms with E-state index in [1.54, 1.807) is 0 Å². The van der Waals surface area contributed by atoms with Crippen molar-refractivity contribution in [2.75, 3.05) is 51.7 Å². The van der Waals surface area contributed by atoms with Crippen LogP contribution in [0, 0.1) is 5.82 Å². The summed E-state index contributed by atoms with van der Waals surface area (Å²) in [5, 5.41) is 3.19. The highest BCUT2D eigenvalue weighted by Gasteiger charge is 2.26. The Morgan fingerprint density at radius 3 is 2.44 bits per heavy atom. The molecule has 138 valence electrons. The molecule has 0 spiro atoms. The summed E-state index contributed by atoms with van der Waals surface area (Å²) in [6, 6.07) is 7.45. The zero-order valence-electron chi connectivity index (χ0n) is 15.2. The number of carbonyl (C=O) groups is 1. The first kappa shape index (κ1) is 18.1. The van der Waals surface area contributed by atoms with Gasteiger partial charge in [0.2, 0.25) is 5.91 Å². The molecule has 1 aromatic carbocycles. The molecule has 6 heteroatoms. The standard InChI is InChI=1S/C19H29FN4O/c1-22(2)18-9-10-23(13-18)14-19(25)21-16-7-11-24(12-8-16)17-5-3-15(20)4-6-17/h3-6,16,18H,7-14H2,1-2H3,(H,21,25)/t18-/m1/s1. The molecule has 2 aliphatic rings. The van der Waals surface area contributed by atoms with Gasteiger partial charge in [0, 0.05) is 44.0 Å². The lowest BCUT2D eigenvalue weighted by atomic mass is 10.0. The van der Waals surface area contributed by atoms with Crippen LogP contribution in [0.3, 0.4) is 0 Å². The van der Waals surface area contributed by atoms with Gasteiger partial charge in [0.05, 0.1) is 6.54 Å². The molecular formula is C19H29FN4O. The first-order valence-electron chi connectivity index (χ1n) is 9.20. The van der Waals surface area contributed by atoms with E-state index in [4.69, 9.17) is 0 Å². The summed E-state index contributed by atoms with van der Waals surface area (Å²) in [5.74, 6) is -0.0658. The summed E-state index contributed by atoms with van der Waals surface area (Å²) < 4.78 is 13.0. The smallest absolute Gasteiger partial charge is 0.234 e. The molecule has 0 bridgehead atoms. The molecule has 0 radical (unpaired) electrons. The van der Waals surface area contributed by atoms with Gasteiger partial charge >= 0.3 is 0 Å². The van der Waals surface area contributed by atoms with Crippen molar-refractivity contribution in [1.29, 1.82) is 0 Å². The van der Waals surface area contributed by atoms with E-state index < -0.39 is 0 Å². The highest BCUT2D eigenvalue weighted by Crippen LogP contribution is 2.20. The quantitative estimate of drug-likeness (QED) is 0.876. The van der Waals surface area contributed by atoms with E-state index in [0.29, 0.717) is 12.6 Å². The van der Waals surface area contributed by atoms with Gasteiger partial charge in [0.25, 0.3) is 0 Å².